The molecule has 0 amide bonds. The molecule has 0 saturated carbocycles. The number of aryl methyl sites for hydroxylation is 1. The molecule has 0 aliphatic carbocycles. The van der Waals surface area contributed by atoms with Crippen LogP contribution in [0.1, 0.15) is 11.3 Å². The van der Waals surface area contributed by atoms with Crippen molar-refractivity contribution in [3.8, 4) is 17.3 Å². The maximum Gasteiger partial charge on any atom is 0.137 e. The molecule has 20 heavy (non-hydrogen) atoms. The van der Waals surface area contributed by atoms with E-state index in [1.807, 2.05) is 29.7 Å². The molecule has 1 aromatic carbocycles. The van der Waals surface area contributed by atoms with Gasteiger partial charge in [0, 0.05) is 17.5 Å². The average molecular weight is 302 g/mol. The van der Waals surface area contributed by atoms with Gasteiger partial charge in [0.15, 0.2) is 0 Å². The lowest BCUT2D eigenvalue weighted by atomic mass is 10.2. The van der Waals surface area contributed by atoms with Crippen LogP contribution in [0.2, 0.25) is 10.0 Å². The summed E-state index contributed by atoms with van der Waals surface area (Å²) in [7, 11) is 0. The molecule has 2 aromatic heterocycles. The predicted molar refractivity (Wildman–Crippen MR) is 80.1 cm³/mol. The van der Waals surface area contributed by atoms with Gasteiger partial charge >= 0.3 is 0 Å². The predicted octanol–water partition coefficient (Wildman–Crippen LogP) is 4.49. The van der Waals surface area contributed by atoms with Crippen LogP contribution in [-0.2, 0) is 0 Å². The average Bonchev–Trinajstić information content (AvgIpc) is 2.87. The molecule has 0 unspecified atom stereocenters. The SMILES string of the molecule is Cc1c(C#N)ccc2nc(-c3ccc(Cl)c(Cl)c3)cn12. The van der Waals surface area contributed by atoms with Gasteiger partial charge in [-0.05, 0) is 31.2 Å². The number of imidazole rings is 1. The van der Waals surface area contributed by atoms with E-state index in [4.69, 9.17) is 28.5 Å². The second-order valence-corrected chi connectivity index (χ2v) is 5.24. The van der Waals surface area contributed by atoms with Crippen LogP contribution in [0, 0.1) is 18.3 Å². The minimum Gasteiger partial charge on any atom is -0.302 e. The number of pyridine rings is 1. The summed E-state index contributed by atoms with van der Waals surface area (Å²) in [5.41, 5.74) is 3.98. The zero-order valence-corrected chi connectivity index (χ0v) is 12.1. The highest BCUT2D eigenvalue weighted by atomic mass is 35.5. The number of nitriles is 1. The fourth-order valence-corrected chi connectivity index (χ4v) is 2.40. The minimum absolute atomic E-state index is 0.496. The third-order valence-corrected chi connectivity index (χ3v) is 3.96. The molecule has 3 rings (SSSR count). The molecule has 0 saturated heterocycles. The molecule has 98 valence electrons. The second-order valence-electron chi connectivity index (χ2n) is 4.43. The fraction of sp³-hybridized carbons (Fsp3) is 0.0667. The van der Waals surface area contributed by atoms with Gasteiger partial charge in [0.05, 0.1) is 21.3 Å². The summed E-state index contributed by atoms with van der Waals surface area (Å²) >= 11 is 11.9. The van der Waals surface area contributed by atoms with Gasteiger partial charge < -0.3 is 4.40 Å². The Morgan fingerprint density at radius 1 is 1.15 bits per heavy atom. The quantitative estimate of drug-likeness (QED) is 0.664. The summed E-state index contributed by atoms with van der Waals surface area (Å²) in [6.45, 7) is 1.89. The van der Waals surface area contributed by atoms with Crippen molar-refractivity contribution >= 4 is 28.8 Å². The number of rotatable bonds is 1. The maximum atomic E-state index is 9.05. The summed E-state index contributed by atoms with van der Waals surface area (Å²) in [5.74, 6) is 0. The molecule has 0 atom stereocenters. The van der Waals surface area contributed by atoms with Gasteiger partial charge in [-0.2, -0.15) is 5.26 Å². The summed E-state index contributed by atoms with van der Waals surface area (Å²) in [4.78, 5) is 4.54. The van der Waals surface area contributed by atoms with E-state index in [0.717, 1.165) is 22.6 Å². The molecular formula is C15H9Cl2N3. The Kier molecular flexibility index (Phi) is 3.13. The van der Waals surface area contributed by atoms with Gasteiger partial charge in [-0.3, -0.25) is 0 Å². The van der Waals surface area contributed by atoms with Crippen LogP contribution in [-0.4, -0.2) is 9.38 Å². The molecule has 0 spiro atoms. The number of hydrogen-bond donors (Lipinski definition) is 0. The van der Waals surface area contributed by atoms with Crippen molar-refractivity contribution in [2.45, 2.75) is 6.92 Å². The third kappa shape index (κ3) is 2.03. The normalized spacial score (nSPS) is 10.7. The van der Waals surface area contributed by atoms with Crippen molar-refractivity contribution < 1.29 is 0 Å². The highest BCUT2D eigenvalue weighted by Gasteiger charge is 2.09. The van der Waals surface area contributed by atoms with Crippen LogP contribution in [0.15, 0.2) is 36.5 Å². The third-order valence-electron chi connectivity index (χ3n) is 3.22. The molecule has 0 radical (unpaired) electrons. The van der Waals surface area contributed by atoms with Crippen molar-refractivity contribution in [3.63, 3.8) is 0 Å². The standard InChI is InChI=1S/C15H9Cl2N3/c1-9-11(7-18)3-5-15-19-14(8-20(9)15)10-2-4-12(16)13(17)6-10/h2-6,8H,1H3. The number of benzene rings is 1. The largest absolute Gasteiger partial charge is 0.302 e. The van der Waals surface area contributed by atoms with E-state index < -0.39 is 0 Å². The first-order valence-corrected chi connectivity index (χ1v) is 6.70. The van der Waals surface area contributed by atoms with Gasteiger partial charge in [0.1, 0.15) is 11.7 Å². The van der Waals surface area contributed by atoms with Crippen molar-refractivity contribution in [1.29, 1.82) is 5.26 Å². The van der Waals surface area contributed by atoms with Crippen LogP contribution in [0.4, 0.5) is 0 Å². The van der Waals surface area contributed by atoms with Crippen molar-refractivity contribution in [2.75, 3.05) is 0 Å². The number of hydrogen-bond acceptors (Lipinski definition) is 2. The van der Waals surface area contributed by atoms with Crippen molar-refractivity contribution in [1.82, 2.24) is 9.38 Å². The Morgan fingerprint density at radius 3 is 2.65 bits per heavy atom. The zero-order valence-electron chi connectivity index (χ0n) is 10.6. The number of nitrogens with zero attached hydrogens (tertiary/aromatic N) is 3. The van der Waals surface area contributed by atoms with E-state index in [2.05, 4.69) is 11.1 Å². The number of halogens is 2. The van der Waals surface area contributed by atoms with E-state index >= 15 is 0 Å². The van der Waals surface area contributed by atoms with Gasteiger partial charge in [0.2, 0.25) is 0 Å². The lowest BCUT2D eigenvalue weighted by Gasteiger charge is -2.00. The zero-order chi connectivity index (χ0) is 14.3. The Bertz CT molecular complexity index is 859. The Morgan fingerprint density at radius 2 is 1.95 bits per heavy atom. The fourth-order valence-electron chi connectivity index (χ4n) is 2.10. The molecular weight excluding hydrogens is 293 g/mol. The Labute approximate surface area is 126 Å². The summed E-state index contributed by atoms with van der Waals surface area (Å²) in [5, 5.41) is 10.1. The highest BCUT2D eigenvalue weighted by molar-refractivity contribution is 6.42. The van der Waals surface area contributed by atoms with Gasteiger partial charge in [0.25, 0.3) is 0 Å². The molecule has 0 bridgehead atoms. The maximum absolute atomic E-state index is 9.05. The Hall–Kier alpha value is -2.02. The summed E-state index contributed by atoms with van der Waals surface area (Å²) in [6.07, 6.45) is 1.89. The second kappa shape index (κ2) is 4.82. The first-order chi connectivity index (χ1) is 9.60. The minimum atomic E-state index is 0.496. The molecule has 0 N–H and O–H groups in total. The van der Waals surface area contributed by atoms with E-state index in [-0.39, 0.29) is 0 Å². The van der Waals surface area contributed by atoms with Gasteiger partial charge in [-0.15, -0.1) is 0 Å². The molecule has 3 aromatic rings. The van der Waals surface area contributed by atoms with Crippen LogP contribution in [0.5, 0.6) is 0 Å². The number of aromatic nitrogens is 2. The molecule has 3 nitrogen and oxygen atoms in total. The molecule has 0 aliphatic heterocycles. The van der Waals surface area contributed by atoms with Crippen LogP contribution >= 0.6 is 23.2 Å². The topological polar surface area (TPSA) is 41.1 Å². The van der Waals surface area contributed by atoms with Crippen LogP contribution in [0.25, 0.3) is 16.9 Å². The molecule has 0 fully saturated rings. The van der Waals surface area contributed by atoms with E-state index in [0.29, 0.717) is 15.6 Å². The van der Waals surface area contributed by atoms with Crippen LogP contribution < -0.4 is 0 Å². The van der Waals surface area contributed by atoms with Crippen molar-refractivity contribution in [2.24, 2.45) is 0 Å². The molecule has 0 aliphatic rings. The monoisotopic (exact) mass is 301 g/mol. The van der Waals surface area contributed by atoms with E-state index in [9.17, 15) is 0 Å². The first kappa shape index (κ1) is 13.0. The smallest absolute Gasteiger partial charge is 0.137 e. The molecule has 5 heteroatoms. The van der Waals surface area contributed by atoms with Gasteiger partial charge in [-0.1, -0.05) is 29.3 Å². The van der Waals surface area contributed by atoms with Gasteiger partial charge in [-0.25, -0.2) is 4.98 Å². The van der Waals surface area contributed by atoms with Crippen molar-refractivity contribution in [3.05, 3.63) is 57.8 Å². The van der Waals surface area contributed by atoms with E-state index in [1.54, 1.807) is 18.2 Å². The lowest BCUT2D eigenvalue weighted by Crippen LogP contribution is -1.93. The summed E-state index contributed by atoms with van der Waals surface area (Å²) in [6, 6.07) is 11.2. The molecule has 2 heterocycles. The first-order valence-electron chi connectivity index (χ1n) is 5.94. The highest BCUT2D eigenvalue weighted by Crippen LogP contribution is 2.28. The number of fused-ring (bicyclic) bond motifs is 1. The lowest BCUT2D eigenvalue weighted by molar-refractivity contribution is 1.08. The van der Waals surface area contributed by atoms with E-state index in [1.165, 1.54) is 0 Å². The van der Waals surface area contributed by atoms with Crippen LogP contribution in [0.3, 0.4) is 0 Å². The Balaban J connectivity index is 2.20. The summed E-state index contributed by atoms with van der Waals surface area (Å²) < 4.78 is 1.90.